The van der Waals surface area contributed by atoms with Crippen LogP contribution in [0.15, 0.2) is 279 Å². The first-order valence-corrected chi connectivity index (χ1v) is 28.1. The Kier molecular flexibility index (Phi) is 10.3. The normalized spacial score (nSPS) is 14.1. The van der Waals surface area contributed by atoms with Crippen molar-refractivity contribution in [2.75, 3.05) is 0 Å². The molecule has 3 aliphatic carbocycles. The first-order chi connectivity index (χ1) is 40.6. The molecule has 382 valence electrons. The Morgan fingerprint density at radius 3 is 0.976 bits per heavy atom. The van der Waals surface area contributed by atoms with Gasteiger partial charge >= 0.3 is 0 Å². The van der Waals surface area contributed by atoms with Gasteiger partial charge in [0.1, 0.15) is 0 Å². The molecule has 0 N–H and O–H groups in total. The van der Waals surface area contributed by atoms with E-state index in [2.05, 4.69) is 288 Å². The van der Waals surface area contributed by atoms with Crippen molar-refractivity contribution in [2.45, 2.75) is 11.8 Å². The fraction of sp³-hybridized carbons (Fsp3) is 0.0263. The zero-order chi connectivity index (χ0) is 53.8. The molecule has 0 saturated heterocycles. The molecular formula is C76H48N6. The van der Waals surface area contributed by atoms with E-state index in [0.717, 1.165) is 78.6 Å². The molecule has 11 aromatic carbocycles. The standard InChI is InChI=1S/C76H48N6/c1-5-19-47(20-6-1)65-45-67(49-35-39-71-61(41-49)55-27-15-17-31-69(55)81(71)53-23-9-3-10-24-53)79-75(77-65)51-33-37-59-63(43-51)73-57-29-13-14-30-58(57)74(59)64-44-52(34-38-60(64)73)76-78-66(48-21-7-2-8-22-48)46-68(80-76)50-36-40-72-62(42-50)56-28-16-18-32-70(56)82(72)54-25-11-4-12-26-54/h1-46,73-74H. The summed E-state index contributed by atoms with van der Waals surface area (Å²) in [5.74, 6) is 1.42. The van der Waals surface area contributed by atoms with Crippen LogP contribution in [-0.2, 0) is 0 Å². The second kappa shape index (κ2) is 18.4. The van der Waals surface area contributed by atoms with E-state index in [-0.39, 0.29) is 11.8 Å². The van der Waals surface area contributed by atoms with Gasteiger partial charge in [-0.25, -0.2) is 19.9 Å². The van der Waals surface area contributed by atoms with Gasteiger partial charge in [0.05, 0.1) is 44.8 Å². The summed E-state index contributed by atoms with van der Waals surface area (Å²) < 4.78 is 4.71. The molecular weight excluding hydrogens is 997 g/mol. The predicted octanol–water partition coefficient (Wildman–Crippen LogP) is 18.4. The van der Waals surface area contributed by atoms with E-state index in [0.29, 0.717) is 11.6 Å². The molecule has 2 unspecified atom stereocenters. The smallest absolute Gasteiger partial charge is 0.160 e. The van der Waals surface area contributed by atoms with Crippen molar-refractivity contribution in [3.8, 4) is 79.2 Å². The molecule has 15 aromatic rings. The second-order valence-corrected chi connectivity index (χ2v) is 21.7. The minimum Gasteiger partial charge on any atom is -0.309 e. The zero-order valence-corrected chi connectivity index (χ0v) is 44.4. The van der Waals surface area contributed by atoms with Crippen LogP contribution in [0.4, 0.5) is 0 Å². The lowest BCUT2D eigenvalue weighted by molar-refractivity contribution is 0.754. The van der Waals surface area contributed by atoms with E-state index in [1.54, 1.807) is 0 Å². The van der Waals surface area contributed by atoms with Crippen LogP contribution in [0.5, 0.6) is 0 Å². The van der Waals surface area contributed by atoms with Crippen LogP contribution in [0.25, 0.3) is 123 Å². The van der Waals surface area contributed by atoms with Crippen LogP contribution >= 0.6 is 0 Å². The van der Waals surface area contributed by atoms with Gasteiger partial charge in [0.2, 0.25) is 0 Å². The molecule has 6 nitrogen and oxygen atoms in total. The summed E-state index contributed by atoms with van der Waals surface area (Å²) >= 11 is 0. The van der Waals surface area contributed by atoms with E-state index in [4.69, 9.17) is 19.9 Å². The zero-order valence-electron chi connectivity index (χ0n) is 44.4. The molecule has 82 heavy (non-hydrogen) atoms. The van der Waals surface area contributed by atoms with Gasteiger partial charge in [0.25, 0.3) is 0 Å². The van der Waals surface area contributed by atoms with E-state index < -0.39 is 0 Å². The van der Waals surface area contributed by atoms with Gasteiger partial charge in [-0.3, -0.25) is 0 Å². The van der Waals surface area contributed by atoms with E-state index in [1.807, 2.05) is 0 Å². The van der Waals surface area contributed by atoms with Crippen LogP contribution in [0, 0.1) is 0 Å². The molecule has 2 atom stereocenters. The highest BCUT2D eigenvalue weighted by molar-refractivity contribution is 6.11. The lowest BCUT2D eigenvalue weighted by Crippen LogP contribution is -2.27. The number of nitrogens with zero attached hydrogens (tertiary/aromatic N) is 6. The number of para-hydroxylation sites is 4. The van der Waals surface area contributed by atoms with Crippen molar-refractivity contribution in [1.29, 1.82) is 0 Å². The first kappa shape index (κ1) is 46.1. The largest absolute Gasteiger partial charge is 0.309 e. The summed E-state index contributed by atoms with van der Waals surface area (Å²) in [5.41, 5.74) is 24.5. The topological polar surface area (TPSA) is 61.4 Å². The maximum Gasteiger partial charge on any atom is 0.160 e. The van der Waals surface area contributed by atoms with Gasteiger partial charge in [-0.1, -0.05) is 194 Å². The highest BCUT2D eigenvalue weighted by atomic mass is 15.0. The number of hydrogen-bond acceptors (Lipinski definition) is 4. The van der Waals surface area contributed by atoms with Gasteiger partial charge in [0, 0.05) is 78.1 Å². The van der Waals surface area contributed by atoms with E-state index in [9.17, 15) is 0 Å². The molecule has 18 rings (SSSR count). The second-order valence-electron chi connectivity index (χ2n) is 21.7. The molecule has 3 aliphatic rings. The lowest BCUT2D eigenvalue weighted by atomic mass is 9.61. The molecule has 0 saturated carbocycles. The molecule has 4 heterocycles. The van der Waals surface area contributed by atoms with Crippen molar-refractivity contribution in [1.82, 2.24) is 29.1 Å². The summed E-state index contributed by atoms with van der Waals surface area (Å²) in [6.07, 6.45) is 0. The number of fused-ring (bicyclic) bond motifs is 6. The van der Waals surface area contributed by atoms with Crippen LogP contribution < -0.4 is 0 Å². The Morgan fingerprint density at radius 2 is 0.549 bits per heavy atom. The third-order valence-corrected chi connectivity index (χ3v) is 17.1. The van der Waals surface area contributed by atoms with Crippen molar-refractivity contribution in [3.63, 3.8) is 0 Å². The van der Waals surface area contributed by atoms with Crippen molar-refractivity contribution >= 4 is 43.6 Å². The van der Waals surface area contributed by atoms with E-state index in [1.165, 1.54) is 66.0 Å². The average molecular weight is 1050 g/mol. The third-order valence-electron chi connectivity index (χ3n) is 17.1. The molecule has 0 fully saturated rings. The van der Waals surface area contributed by atoms with Gasteiger partial charge < -0.3 is 9.13 Å². The summed E-state index contributed by atoms with van der Waals surface area (Å²) in [7, 11) is 0. The van der Waals surface area contributed by atoms with Gasteiger partial charge in [-0.15, -0.1) is 0 Å². The number of benzene rings is 11. The monoisotopic (exact) mass is 1040 g/mol. The molecule has 0 radical (unpaired) electrons. The minimum absolute atomic E-state index is 0.0122. The summed E-state index contributed by atoms with van der Waals surface area (Å²) in [4.78, 5) is 21.7. The van der Waals surface area contributed by atoms with Gasteiger partial charge in [-0.2, -0.15) is 0 Å². The van der Waals surface area contributed by atoms with E-state index >= 15 is 0 Å². The quantitative estimate of drug-likeness (QED) is 0.152. The summed E-state index contributed by atoms with van der Waals surface area (Å²) in [6, 6.07) is 100. The molecule has 2 bridgehead atoms. The predicted molar refractivity (Wildman–Crippen MR) is 334 cm³/mol. The van der Waals surface area contributed by atoms with Crippen molar-refractivity contribution in [2.24, 2.45) is 0 Å². The molecule has 6 heteroatoms. The molecule has 0 amide bonds. The summed E-state index contributed by atoms with van der Waals surface area (Å²) in [6.45, 7) is 0. The van der Waals surface area contributed by atoms with Crippen molar-refractivity contribution in [3.05, 3.63) is 312 Å². The number of aromatic nitrogens is 6. The molecule has 0 aliphatic heterocycles. The Balaban J connectivity index is 0.783. The SMILES string of the molecule is c1ccc(-c2cc(-c3ccc4c(c3)c3ccccc3n4-c3ccccc3)nc(-c3ccc4c(c3)C3c5ccccc5C4c4cc(-c5nc(-c6ccccc6)cc(-c6ccc7c(c6)c6ccccc6n7-c6ccccc6)n5)ccc43)n2)cc1. The Labute approximate surface area is 473 Å². The van der Waals surface area contributed by atoms with Crippen LogP contribution in [0.1, 0.15) is 45.2 Å². The van der Waals surface area contributed by atoms with Crippen LogP contribution in [0.3, 0.4) is 0 Å². The highest BCUT2D eigenvalue weighted by Gasteiger charge is 2.41. The molecule has 0 spiro atoms. The Hall–Kier alpha value is -10.8. The molecule has 4 aromatic heterocycles. The maximum absolute atomic E-state index is 5.46. The van der Waals surface area contributed by atoms with Gasteiger partial charge in [0.15, 0.2) is 11.6 Å². The highest BCUT2D eigenvalue weighted by Crippen LogP contribution is 2.57. The fourth-order valence-electron chi connectivity index (χ4n) is 13.4. The lowest BCUT2D eigenvalue weighted by Gasteiger charge is -2.42. The fourth-order valence-corrected chi connectivity index (χ4v) is 13.4. The van der Waals surface area contributed by atoms with Crippen molar-refractivity contribution < 1.29 is 0 Å². The van der Waals surface area contributed by atoms with Gasteiger partial charge in [-0.05, 0) is 118 Å². The summed E-state index contributed by atoms with van der Waals surface area (Å²) in [5, 5.41) is 4.77. The minimum atomic E-state index is 0.0122. The number of hydrogen-bond donors (Lipinski definition) is 0. The maximum atomic E-state index is 5.46. The van der Waals surface area contributed by atoms with Crippen LogP contribution in [-0.4, -0.2) is 29.1 Å². The first-order valence-electron chi connectivity index (χ1n) is 28.1. The number of rotatable bonds is 8. The third kappa shape index (κ3) is 7.28. The average Bonchev–Trinajstić information content (AvgIpc) is 1.90. The van der Waals surface area contributed by atoms with Crippen LogP contribution in [0.2, 0.25) is 0 Å². The Bertz CT molecular complexity index is 4720. The Morgan fingerprint density at radius 1 is 0.220 bits per heavy atom.